The summed E-state index contributed by atoms with van der Waals surface area (Å²) in [5, 5.41) is 20.2. The lowest BCUT2D eigenvalue weighted by Crippen LogP contribution is -2.32. The molecule has 41 heavy (non-hydrogen) atoms. The van der Waals surface area contributed by atoms with Crippen LogP contribution >= 0.6 is 7.60 Å². The van der Waals surface area contributed by atoms with Crippen molar-refractivity contribution in [3.8, 4) is 0 Å². The van der Waals surface area contributed by atoms with Crippen LogP contribution in [0, 0.1) is 5.82 Å². The largest absolute Gasteiger partial charge is 0.394 e. The van der Waals surface area contributed by atoms with Gasteiger partial charge < -0.3 is 45.1 Å². The second-order valence-electron chi connectivity index (χ2n) is 9.59. The molecule has 0 bridgehead atoms. The Morgan fingerprint density at radius 1 is 1.20 bits per heavy atom. The molecule has 0 amide bonds. The molecule has 0 aromatic carbocycles. The summed E-state index contributed by atoms with van der Waals surface area (Å²) < 4.78 is 62.3. The van der Waals surface area contributed by atoms with Crippen molar-refractivity contribution in [2.45, 2.75) is 49.0 Å². The number of hydrogen-bond acceptors (Lipinski definition) is 13. The van der Waals surface area contributed by atoms with Crippen LogP contribution in [-0.4, -0.2) is 92.5 Å². The highest BCUT2D eigenvalue weighted by molar-refractivity contribution is 7.53. The van der Waals surface area contributed by atoms with Crippen LogP contribution in [0.1, 0.15) is 18.9 Å². The van der Waals surface area contributed by atoms with Crippen LogP contribution in [0.3, 0.4) is 0 Å². The third-order valence-electron chi connectivity index (χ3n) is 7.10. The summed E-state index contributed by atoms with van der Waals surface area (Å²) in [6.45, 7) is -1.50. The summed E-state index contributed by atoms with van der Waals surface area (Å²) in [7, 11) is -4.96. The van der Waals surface area contributed by atoms with Crippen LogP contribution in [0.4, 0.5) is 20.5 Å². The second kappa shape index (κ2) is 10.1. The predicted molar refractivity (Wildman–Crippen MR) is 134 cm³/mol. The van der Waals surface area contributed by atoms with E-state index in [-0.39, 0.29) is 40.4 Å². The molecule has 8 atom stereocenters. The van der Waals surface area contributed by atoms with Crippen molar-refractivity contribution < 1.29 is 42.4 Å². The number of ether oxygens (including phenoxy) is 2. The smallest absolute Gasteiger partial charge is 0.338 e. The molecule has 2 fully saturated rings. The number of aromatic nitrogens is 7. The Hall–Kier alpha value is -3.58. The lowest BCUT2D eigenvalue weighted by Gasteiger charge is -2.26. The number of aliphatic hydroxyl groups excluding tert-OH is 2. The molecule has 6 heterocycles. The lowest BCUT2D eigenvalue weighted by atomic mass is 10.2. The van der Waals surface area contributed by atoms with Crippen molar-refractivity contribution in [2.75, 3.05) is 24.7 Å². The van der Waals surface area contributed by atoms with Crippen LogP contribution in [0.25, 0.3) is 22.2 Å². The number of fused-ring (bicyclic) bond motifs is 2. The maximum Gasteiger partial charge on any atom is 0.338 e. The first kappa shape index (κ1) is 27.6. The van der Waals surface area contributed by atoms with Gasteiger partial charge in [-0.25, -0.2) is 23.7 Å². The summed E-state index contributed by atoms with van der Waals surface area (Å²) in [5.41, 5.74) is 8.51. The Kier molecular flexibility index (Phi) is 6.76. The Bertz CT molecular complexity index is 1730. The molecule has 6 rings (SSSR count). The summed E-state index contributed by atoms with van der Waals surface area (Å²) in [6.07, 6.45) is -5.43. The number of nitrogen functional groups attached to an aromatic ring is 2. The fourth-order valence-electron chi connectivity index (χ4n) is 5.14. The van der Waals surface area contributed by atoms with E-state index >= 15 is 4.39 Å². The van der Waals surface area contributed by atoms with Gasteiger partial charge in [0, 0.05) is 12.6 Å². The van der Waals surface area contributed by atoms with Gasteiger partial charge in [0.05, 0.1) is 31.0 Å². The van der Waals surface area contributed by atoms with E-state index in [9.17, 15) is 28.9 Å². The number of halogens is 2. The number of hydrogen-bond donors (Lipinski definition) is 6. The third-order valence-corrected chi connectivity index (χ3v) is 8.91. The van der Waals surface area contributed by atoms with Gasteiger partial charge in [-0.2, -0.15) is 4.98 Å². The number of imidazole rings is 1. The van der Waals surface area contributed by atoms with Gasteiger partial charge in [0.15, 0.2) is 28.9 Å². The molecule has 2 aliphatic heterocycles. The first-order valence-corrected chi connectivity index (χ1v) is 13.8. The van der Waals surface area contributed by atoms with Crippen molar-refractivity contribution in [3.05, 3.63) is 35.0 Å². The van der Waals surface area contributed by atoms with E-state index in [0.29, 0.717) is 0 Å². The third kappa shape index (κ3) is 4.55. The summed E-state index contributed by atoms with van der Waals surface area (Å²) >= 11 is 0. The minimum atomic E-state index is -4.96. The first-order valence-electron chi connectivity index (χ1n) is 12.2. The maximum absolute atomic E-state index is 15.4. The number of nitrogens with two attached hydrogens (primary N) is 2. The van der Waals surface area contributed by atoms with Gasteiger partial charge in [-0.05, 0) is 0 Å². The minimum Gasteiger partial charge on any atom is -0.394 e. The molecular formula is C21H24F2N9O8P. The summed E-state index contributed by atoms with van der Waals surface area (Å²) in [5.74, 6) is -1.08. The zero-order valence-corrected chi connectivity index (χ0v) is 21.7. The van der Waals surface area contributed by atoms with E-state index in [1.165, 1.54) is 4.57 Å². The van der Waals surface area contributed by atoms with E-state index in [1.54, 1.807) is 0 Å². The van der Waals surface area contributed by atoms with Gasteiger partial charge in [0.1, 0.15) is 42.4 Å². The van der Waals surface area contributed by atoms with Crippen LogP contribution in [0.2, 0.25) is 0 Å². The Balaban J connectivity index is 1.24. The number of alkyl halides is 1. The zero-order valence-electron chi connectivity index (χ0n) is 20.8. The highest BCUT2D eigenvalue weighted by atomic mass is 31.2. The maximum atomic E-state index is 15.4. The van der Waals surface area contributed by atoms with E-state index in [0.717, 1.165) is 23.4 Å². The fraction of sp³-hybridized carbons (Fsp3) is 0.476. The molecule has 20 heteroatoms. The fourth-order valence-corrected chi connectivity index (χ4v) is 6.76. The highest BCUT2D eigenvalue weighted by Crippen LogP contribution is 2.58. The van der Waals surface area contributed by atoms with E-state index in [4.69, 9.17) is 25.5 Å². The molecule has 220 valence electrons. The van der Waals surface area contributed by atoms with Gasteiger partial charge in [0.25, 0.3) is 5.56 Å². The molecular weight excluding hydrogens is 575 g/mol. The molecule has 4 aromatic heterocycles. The van der Waals surface area contributed by atoms with Gasteiger partial charge in [-0.15, -0.1) is 0 Å². The number of rotatable bonds is 7. The summed E-state index contributed by atoms with van der Waals surface area (Å²) in [6, 6.07) is 0. The van der Waals surface area contributed by atoms with E-state index in [2.05, 4.69) is 24.9 Å². The molecule has 0 aliphatic carbocycles. The molecule has 0 spiro atoms. The molecule has 1 unspecified atom stereocenters. The van der Waals surface area contributed by atoms with Crippen LogP contribution in [0.5, 0.6) is 0 Å². The Labute approximate surface area is 227 Å². The van der Waals surface area contributed by atoms with Gasteiger partial charge in [-0.1, -0.05) is 0 Å². The number of anilines is 2. The van der Waals surface area contributed by atoms with Crippen molar-refractivity contribution in [3.63, 3.8) is 0 Å². The molecule has 0 radical (unpaired) electrons. The standard InChI is InChI=1S/C21H24F2N9O8P/c22-7-2-31(17-12(7)16(24)26-5-27-17)11-1-8(34)10(39-11)4-38-41(36,37)15-13(23)9(3-33)40-20(15)32-6-28-14-18(32)29-21(25)30-19(14)35/h2,5-6,8-11,13,15,20,33-34H,1,3-4H2,(H,36,37)(H2,24,26,27)(H3,25,29,30,35)/t8-,9+,10+,11+,13+,15+,20+/m0/s1. The van der Waals surface area contributed by atoms with Crippen molar-refractivity contribution in [1.29, 1.82) is 0 Å². The van der Waals surface area contributed by atoms with Crippen LogP contribution in [-0.2, 0) is 18.6 Å². The Morgan fingerprint density at radius 3 is 2.73 bits per heavy atom. The highest BCUT2D eigenvalue weighted by Gasteiger charge is 2.56. The topological polar surface area (TPSA) is 252 Å². The van der Waals surface area contributed by atoms with Gasteiger partial charge in [0.2, 0.25) is 5.95 Å². The first-order chi connectivity index (χ1) is 19.5. The normalized spacial score (nSPS) is 29.9. The van der Waals surface area contributed by atoms with Crippen LogP contribution in [0.15, 0.2) is 23.6 Å². The van der Waals surface area contributed by atoms with Crippen molar-refractivity contribution in [2.24, 2.45) is 0 Å². The number of nitrogens with zero attached hydrogens (tertiary/aromatic N) is 6. The second-order valence-corrected chi connectivity index (χ2v) is 11.6. The van der Waals surface area contributed by atoms with Crippen molar-refractivity contribution >= 4 is 41.6 Å². The number of nitrogens with one attached hydrogen (secondary N) is 1. The quantitative estimate of drug-likeness (QED) is 0.144. The molecule has 17 nitrogen and oxygen atoms in total. The van der Waals surface area contributed by atoms with Crippen LogP contribution < -0.4 is 17.0 Å². The number of aromatic amines is 1. The Morgan fingerprint density at radius 2 is 1.98 bits per heavy atom. The monoisotopic (exact) mass is 599 g/mol. The van der Waals surface area contributed by atoms with E-state index in [1.807, 2.05) is 0 Å². The molecule has 2 saturated heterocycles. The molecule has 8 N–H and O–H groups in total. The SMILES string of the molecule is Nc1nc2c(ncn2[C@@H]2O[C@H](CO)[C@@H](F)[C@H]2P(=O)(O)OC[C@H]2O[C@@H](n3cc(F)c4c(N)ncnc43)C[C@@H]2O)c(=O)[nH]1. The minimum absolute atomic E-state index is 0.0323. The molecule has 0 saturated carbocycles. The van der Waals surface area contributed by atoms with Crippen molar-refractivity contribution in [1.82, 2.24) is 34.1 Å². The van der Waals surface area contributed by atoms with Gasteiger partial charge >= 0.3 is 7.60 Å². The predicted octanol–water partition coefficient (Wildman–Crippen LogP) is -0.685. The number of aliphatic hydroxyl groups is 2. The zero-order chi connectivity index (χ0) is 29.2. The molecule has 4 aromatic rings. The number of H-pyrrole nitrogens is 1. The van der Waals surface area contributed by atoms with E-state index < -0.39 is 74.8 Å². The average Bonchev–Trinajstić information content (AvgIpc) is 3.66. The average molecular weight is 599 g/mol. The van der Waals surface area contributed by atoms with Gasteiger partial charge in [-0.3, -0.25) is 18.9 Å². The molecule has 2 aliphatic rings. The lowest BCUT2D eigenvalue weighted by molar-refractivity contribution is -0.0418. The summed E-state index contributed by atoms with van der Waals surface area (Å²) in [4.78, 5) is 41.0.